The first-order chi connectivity index (χ1) is 14.7. The molecular weight excluding hydrogens is 380 g/mol. The minimum Gasteiger partial charge on any atom is -0.475 e. The third kappa shape index (κ3) is 6.10. The van der Waals surface area contributed by atoms with Crippen LogP contribution in [0.25, 0.3) is 22.3 Å². The van der Waals surface area contributed by atoms with Crippen molar-refractivity contribution in [1.82, 2.24) is 9.97 Å². The SMILES string of the molecule is Cc1cc(-c2ccc(OCCOCCOCCO)nc2)ccc1-c1cnccc1C. The highest BCUT2D eigenvalue weighted by molar-refractivity contribution is 5.74. The molecule has 0 unspecified atom stereocenters. The van der Waals surface area contributed by atoms with Gasteiger partial charge in [-0.1, -0.05) is 18.2 Å². The molecular formula is C24H28N2O4. The van der Waals surface area contributed by atoms with Crippen LogP contribution < -0.4 is 4.74 Å². The fourth-order valence-corrected chi connectivity index (χ4v) is 3.12. The molecule has 0 saturated heterocycles. The summed E-state index contributed by atoms with van der Waals surface area (Å²) in [5.74, 6) is 0.568. The number of aryl methyl sites for hydroxylation is 2. The molecule has 0 spiro atoms. The number of benzene rings is 1. The van der Waals surface area contributed by atoms with Crippen LogP contribution in [0.3, 0.4) is 0 Å². The van der Waals surface area contributed by atoms with Gasteiger partial charge in [0.2, 0.25) is 5.88 Å². The predicted octanol–water partition coefficient (Wildman–Crippen LogP) is 3.83. The number of hydrogen-bond acceptors (Lipinski definition) is 6. The lowest BCUT2D eigenvalue weighted by atomic mass is 9.95. The molecule has 6 nitrogen and oxygen atoms in total. The highest BCUT2D eigenvalue weighted by Gasteiger charge is 2.08. The third-order valence-corrected chi connectivity index (χ3v) is 4.71. The number of ether oxygens (including phenoxy) is 3. The van der Waals surface area contributed by atoms with Crippen molar-refractivity contribution in [3.8, 4) is 28.1 Å². The van der Waals surface area contributed by atoms with Crippen molar-refractivity contribution in [1.29, 1.82) is 0 Å². The van der Waals surface area contributed by atoms with Crippen LogP contribution in [0.2, 0.25) is 0 Å². The minimum atomic E-state index is 0.0265. The zero-order valence-electron chi connectivity index (χ0n) is 17.5. The van der Waals surface area contributed by atoms with E-state index in [-0.39, 0.29) is 6.61 Å². The molecule has 0 bridgehead atoms. The van der Waals surface area contributed by atoms with Gasteiger partial charge in [0, 0.05) is 35.8 Å². The summed E-state index contributed by atoms with van der Waals surface area (Å²) in [5, 5.41) is 8.61. The van der Waals surface area contributed by atoms with Gasteiger partial charge in [-0.2, -0.15) is 0 Å². The summed E-state index contributed by atoms with van der Waals surface area (Å²) in [7, 11) is 0. The Morgan fingerprint density at radius 2 is 1.53 bits per heavy atom. The van der Waals surface area contributed by atoms with E-state index < -0.39 is 0 Å². The Kier molecular flexibility index (Phi) is 8.32. The molecule has 2 heterocycles. The molecule has 158 valence electrons. The number of hydrogen-bond donors (Lipinski definition) is 1. The molecule has 0 fully saturated rings. The quantitative estimate of drug-likeness (QED) is 0.486. The predicted molar refractivity (Wildman–Crippen MR) is 117 cm³/mol. The molecule has 1 N–H and O–H groups in total. The van der Waals surface area contributed by atoms with E-state index in [1.165, 1.54) is 16.7 Å². The zero-order chi connectivity index (χ0) is 21.2. The molecule has 0 atom stereocenters. The Balaban J connectivity index is 1.54. The standard InChI is InChI=1S/C24H28N2O4/c1-18-7-8-25-17-23(18)22-5-3-20(15-19(22)2)21-4-6-24(26-16-21)30-14-13-29-12-11-28-10-9-27/h3-8,15-17,27H,9-14H2,1-2H3. The molecule has 0 aliphatic carbocycles. The van der Waals surface area contributed by atoms with E-state index in [1.54, 1.807) is 0 Å². The normalized spacial score (nSPS) is 10.9. The van der Waals surface area contributed by atoms with Crippen LogP contribution >= 0.6 is 0 Å². The van der Waals surface area contributed by atoms with Gasteiger partial charge in [-0.3, -0.25) is 4.98 Å². The molecule has 0 saturated carbocycles. The maximum Gasteiger partial charge on any atom is 0.213 e. The number of aromatic nitrogens is 2. The van der Waals surface area contributed by atoms with Gasteiger partial charge in [0.25, 0.3) is 0 Å². The first-order valence-electron chi connectivity index (χ1n) is 10.1. The van der Waals surface area contributed by atoms with Gasteiger partial charge in [0.1, 0.15) is 6.61 Å². The van der Waals surface area contributed by atoms with Crippen LogP contribution in [0.1, 0.15) is 11.1 Å². The number of rotatable bonds is 11. The van der Waals surface area contributed by atoms with Gasteiger partial charge in [-0.25, -0.2) is 4.98 Å². The van der Waals surface area contributed by atoms with Crippen LogP contribution in [0.4, 0.5) is 0 Å². The maximum atomic E-state index is 8.61. The van der Waals surface area contributed by atoms with Crippen LogP contribution in [0.15, 0.2) is 55.0 Å². The van der Waals surface area contributed by atoms with E-state index in [0.717, 1.165) is 16.7 Å². The Bertz CT molecular complexity index is 929. The summed E-state index contributed by atoms with van der Waals surface area (Å²) in [6.07, 6.45) is 5.55. The van der Waals surface area contributed by atoms with Crippen molar-refractivity contribution >= 4 is 0 Å². The number of nitrogens with zero attached hydrogens (tertiary/aromatic N) is 2. The van der Waals surface area contributed by atoms with Gasteiger partial charge >= 0.3 is 0 Å². The monoisotopic (exact) mass is 408 g/mol. The molecule has 2 aromatic heterocycles. The van der Waals surface area contributed by atoms with Crippen molar-refractivity contribution < 1.29 is 19.3 Å². The van der Waals surface area contributed by atoms with E-state index in [9.17, 15) is 0 Å². The summed E-state index contributed by atoms with van der Waals surface area (Å²) in [6, 6.07) is 12.3. The average Bonchev–Trinajstić information content (AvgIpc) is 2.77. The topological polar surface area (TPSA) is 73.7 Å². The van der Waals surface area contributed by atoms with Crippen molar-refractivity contribution in [2.75, 3.05) is 39.6 Å². The van der Waals surface area contributed by atoms with E-state index in [0.29, 0.717) is 38.9 Å². The first kappa shape index (κ1) is 21.9. The minimum absolute atomic E-state index is 0.0265. The van der Waals surface area contributed by atoms with Crippen molar-refractivity contribution in [3.63, 3.8) is 0 Å². The maximum absolute atomic E-state index is 8.61. The Labute approximate surface area is 177 Å². The summed E-state index contributed by atoms with van der Waals surface area (Å²) in [5.41, 5.74) is 6.92. The van der Waals surface area contributed by atoms with E-state index in [4.69, 9.17) is 19.3 Å². The van der Waals surface area contributed by atoms with Crippen LogP contribution in [-0.4, -0.2) is 54.7 Å². The lowest BCUT2D eigenvalue weighted by Gasteiger charge is -2.11. The molecule has 0 aliphatic rings. The van der Waals surface area contributed by atoms with E-state index in [1.807, 2.05) is 36.8 Å². The zero-order valence-corrected chi connectivity index (χ0v) is 17.5. The molecule has 30 heavy (non-hydrogen) atoms. The molecule has 1 aromatic carbocycles. The Morgan fingerprint density at radius 1 is 0.767 bits per heavy atom. The lowest BCUT2D eigenvalue weighted by Crippen LogP contribution is -2.12. The first-order valence-corrected chi connectivity index (χ1v) is 10.1. The van der Waals surface area contributed by atoms with Crippen molar-refractivity contribution in [2.45, 2.75) is 13.8 Å². The van der Waals surface area contributed by atoms with Crippen LogP contribution in [0.5, 0.6) is 5.88 Å². The smallest absolute Gasteiger partial charge is 0.213 e. The summed E-state index contributed by atoms with van der Waals surface area (Å²) in [6.45, 7) is 6.40. The van der Waals surface area contributed by atoms with E-state index in [2.05, 4.69) is 42.0 Å². The molecule has 0 radical (unpaired) electrons. The second-order valence-corrected chi connectivity index (χ2v) is 6.90. The second-order valence-electron chi connectivity index (χ2n) is 6.90. The van der Waals surface area contributed by atoms with E-state index >= 15 is 0 Å². The number of pyridine rings is 2. The molecule has 0 aliphatic heterocycles. The van der Waals surface area contributed by atoms with Gasteiger partial charge in [-0.05, 0) is 48.2 Å². The van der Waals surface area contributed by atoms with Gasteiger partial charge in [-0.15, -0.1) is 0 Å². The van der Waals surface area contributed by atoms with Crippen LogP contribution in [0, 0.1) is 13.8 Å². The highest BCUT2D eigenvalue weighted by atomic mass is 16.5. The molecule has 3 rings (SSSR count). The number of aliphatic hydroxyl groups is 1. The Hall–Kier alpha value is -2.80. The largest absolute Gasteiger partial charge is 0.475 e. The van der Waals surface area contributed by atoms with Crippen molar-refractivity contribution in [2.24, 2.45) is 0 Å². The van der Waals surface area contributed by atoms with Crippen LogP contribution in [-0.2, 0) is 9.47 Å². The van der Waals surface area contributed by atoms with Crippen molar-refractivity contribution in [3.05, 3.63) is 66.1 Å². The second kappa shape index (κ2) is 11.4. The fourth-order valence-electron chi connectivity index (χ4n) is 3.12. The summed E-state index contributed by atoms with van der Waals surface area (Å²) >= 11 is 0. The fraction of sp³-hybridized carbons (Fsp3) is 0.333. The third-order valence-electron chi connectivity index (χ3n) is 4.71. The summed E-state index contributed by atoms with van der Waals surface area (Å²) < 4.78 is 16.1. The lowest BCUT2D eigenvalue weighted by molar-refractivity contribution is 0.0243. The average molecular weight is 408 g/mol. The van der Waals surface area contributed by atoms with Gasteiger partial charge in [0.05, 0.1) is 33.0 Å². The Morgan fingerprint density at radius 3 is 2.23 bits per heavy atom. The highest BCUT2D eigenvalue weighted by Crippen LogP contribution is 2.30. The molecule has 0 amide bonds. The van der Waals surface area contributed by atoms with Gasteiger partial charge < -0.3 is 19.3 Å². The van der Waals surface area contributed by atoms with Gasteiger partial charge in [0.15, 0.2) is 0 Å². The number of aliphatic hydroxyl groups excluding tert-OH is 1. The molecule has 3 aromatic rings. The molecule has 6 heteroatoms. The summed E-state index contributed by atoms with van der Waals surface area (Å²) in [4.78, 5) is 8.66.